The third-order valence-corrected chi connectivity index (χ3v) is 6.57. The molecular weight excluding hydrogens is 469 g/mol. The van der Waals surface area contributed by atoms with Crippen LogP contribution >= 0.6 is 0 Å². The van der Waals surface area contributed by atoms with Gasteiger partial charge in [0.2, 0.25) is 0 Å². The van der Waals surface area contributed by atoms with Gasteiger partial charge in [-0.25, -0.2) is 19.2 Å². The lowest BCUT2D eigenvalue weighted by Crippen LogP contribution is -2.77. The molecule has 1 aromatic carbocycles. The highest BCUT2D eigenvalue weighted by Gasteiger charge is 2.58. The molecular formula is C24H26FN7O4. The second kappa shape index (κ2) is 7.98. The Bertz CT molecular complexity index is 1520. The molecule has 1 fully saturated rings. The molecule has 4 N–H and O–H groups in total. The molecule has 36 heavy (non-hydrogen) atoms. The number of aromatic amines is 1. The number of halogens is 1. The van der Waals surface area contributed by atoms with E-state index in [0.29, 0.717) is 33.5 Å². The third kappa shape index (κ3) is 3.73. The summed E-state index contributed by atoms with van der Waals surface area (Å²) in [7, 11) is 1.70. The Hall–Kier alpha value is -4.06. The van der Waals surface area contributed by atoms with Crippen molar-refractivity contribution in [3.8, 4) is 11.4 Å². The number of rotatable bonds is 4. The SMILES string of the molecule is Cn1nc(-c2cnc3[nH]cc(C(=O)NCC4(O)CN(C(=O)O)C4C(C)(C)C)c3n2)c2ccc(F)cc21. The number of H-pyrrole nitrogens is 1. The Balaban J connectivity index is 1.42. The van der Waals surface area contributed by atoms with Crippen LogP contribution in [0.4, 0.5) is 9.18 Å². The van der Waals surface area contributed by atoms with Crippen molar-refractivity contribution in [1.82, 2.24) is 34.9 Å². The van der Waals surface area contributed by atoms with E-state index in [1.807, 2.05) is 20.8 Å². The molecule has 2 amide bonds. The fourth-order valence-corrected chi connectivity index (χ4v) is 5.18. The van der Waals surface area contributed by atoms with Gasteiger partial charge >= 0.3 is 6.09 Å². The van der Waals surface area contributed by atoms with Gasteiger partial charge in [0.1, 0.15) is 28.3 Å². The summed E-state index contributed by atoms with van der Waals surface area (Å²) in [6.45, 7) is 5.29. The van der Waals surface area contributed by atoms with Gasteiger partial charge in [-0.05, 0) is 23.6 Å². The van der Waals surface area contributed by atoms with Gasteiger partial charge in [-0.3, -0.25) is 14.4 Å². The lowest BCUT2D eigenvalue weighted by Gasteiger charge is -2.58. The zero-order valence-corrected chi connectivity index (χ0v) is 20.2. The van der Waals surface area contributed by atoms with E-state index in [2.05, 4.69) is 25.4 Å². The van der Waals surface area contributed by atoms with E-state index in [1.165, 1.54) is 29.4 Å². The quantitative estimate of drug-likeness (QED) is 0.340. The van der Waals surface area contributed by atoms with E-state index in [9.17, 15) is 24.2 Å². The normalized spacial score (nSPS) is 20.1. The predicted octanol–water partition coefficient (Wildman–Crippen LogP) is 2.52. The Morgan fingerprint density at radius 1 is 1.33 bits per heavy atom. The monoisotopic (exact) mass is 495 g/mol. The number of likely N-dealkylation sites (tertiary alicyclic amines) is 1. The fourth-order valence-electron chi connectivity index (χ4n) is 5.18. The second-order valence-corrected chi connectivity index (χ2v) is 10.3. The molecule has 0 aliphatic carbocycles. The molecule has 0 radical (unpaired) electrons. The van der Waals surface area contributed by atoms with E-state index in [1.54, 1.807) is 17.8 Å². The molecule has 4 heterocycles. The first-order chi connectivity index (χ1) is 16.9. The summed E-state index contributed by atoms with van der Waals surface area (Å²) in [5.41, 5.74) is 0.486. The largest absolute Gasteiger partial charge is 0.465 e. The standard InChI is InChI=1S/C24H26FN7O4/c1-23(2,3)21-24(36,11-32(21)22(34)35)10-28-20(33)14-8-26-19-18(14)29-15(9-27-19)17-13-6-5-12(25)7-16(13)31(4)30-17/h5-9,21,36H,10-11H2,1-4H3,(H,26,27)(H,28,33)(H,34,35). The number of hydrogen-bond donors (Lipinski definition) is 4. The summed E-state index contributed by atoms with van der Waals surface area (Å²) in [4.78, 5) is 37.7. The van der Waals surface area contributed by atoms with Gasteiger partial charge in [-0.15, -0.1) is 0 Å². The second-order valence-electron chi connectivity index (χ2n) is 10.3. The highest BCUT2D eigenvalue weighted by atomic mass is 19.1. The number of carbonyl (C=O) groups is 2. The van der Waals surface area contributed by atoms with Gasteiger partial charge in [0.25, 0.3) is 5.91 Å². The molecule has 2 unspecified atom stereocenters. The summed E-state index contributed by atoms with van der Waals surface area (Å²) in [5.74, 6) is -0.869. The Morgan fingerprint density at radius 3 is 2.78 bits per heavy atom. The van der Waals surface area contributed by atoms with Crippen LogP contribution in [-0.2, 0) is 7.05 Å². The van der Waals surface area contributed by atoms with Gasteiger partial charge in [0, 0.05) is 18.6 Å². The van der Waals surface area contributed by atoms with Gasteiger partial charge in [-0.2, -0.15) is 5.10 Å². The maximum absolute atomic E-state index is 13.7. The molecule has 12 heteroatoms. The van der Waals surface area contributed by atoms with E-state index in [4.69, 9.17) is 0 Å². The number of hydrogen-bond acceptors (Lipinski definition) is 6. The van der Waals surface area contributed by atoms with Crippen LogP contribution in [0.1, 0.15) is 31.1 Å². The molecule has 4 aromatic rings. The van der Waals surface area contributed by atoms with Gasteiger partial charge in [-0.1, -0.05) is 20.8 Å². The minimum Gasteiger partial charge on any atom is -0.465 e. The average Bonchev–Trinajstić information content (AvgIpc) is 3.35. The van der Waals surface area contributed by atoms with Crippen LogP contribution in [0, 0.1) is 11.2 Å². The van der Waals surface area contributed by atoms with Gasteiger partial charge in [0.15, 0.2) is 5.65 Å². The van der Waals surface area contributed by atoms with Crippen molar-refractivity contribution in [2.45, 2.75) is 32.4 Å². The average molecular weight is 496 g/mol. The Kier molecular flexibility index (Phi) is 5.25. The van der Waals surface area contributed by atoms with Crippen molar-refractivity contribution in [1.29, 1.82) is 0 Å². The van der Waals surface area contributed by atoms with Crippen molar-refractivity contribution < 1.29 is 24.2 Å². The Labute approximate surface area is 205 Å². The smallest absolute Gasteiger partial charge is 0.407 e. The molecule has 5 rings (SSSR count). The molecule has 3 aromatic heterocycles. The molecule has 1 aliphatic heterocycles. The first kappa shape index (κ1) is 23.7. The number of β-amino-alcohol motifs (C(OH)–C–C–N with tert-alkyl or cyclic N) is 1. The first-order valence-electron chi connectivity index (χ1n) is 11.4. The minimum atomic E-state index is -1.41. The highest BCUT2D eigenvalue weighted by Crippen LogP contribution is 2.41. The van der Waals surface area contributed by atoms with Crippen LogP contribution < -0.4 is 5.32 Å². The van der Waals surface area contributed by atoms with Gasteiger partial charge in [0.05, 0.1) is 36.4 Å². The van der Waals surface area contributed by atoms with Crippen molar-refractivity contribution in [3.63, 3.8) is 0 Å². The first-order valence-corrected chi connectivity index (χ1v) is 11.4. The highest BCUT2D eigenvalue weighted by molar-refractivity contribution is 6.05. The zero-order valence-electron chi connectivity index (χ0n) is 20.2. The lowest BCUT2D eigenvalue weighted by molar-refractivity contribution is -0.167. The van der Waals surface area contributed by atoms with Crippen LogP contribution in [0.3, 0.4) is 0 Å². The Morgan fingerprint density at radius 2 is 2.08 bits per heavy atom. The maximum Gasteiger partial charge on any atom is 0.407 e. The van der Waals surface area contributed by atoms with Crippen molar-refractivity contribution in [3.05, 3.63) is 42.0 Å². The van der Waals surface area contributed by atoms with E-state index >= 15 is 0 Å². The zero-order chi connectivity index (χ0) is 26.0. The number of carbonyl (C=O) groups excluding carboxylic acids is 1. The number of fused-ring (bicyclic) bond motifs is 2. The number of aliphatic hydroxyl groups is 1. The number of benzene rings is 1. The van der Waals surface area contributed by atoms with E-state index in [-0.39, 0.29) is 24.5 Å². The molecule has 2 atom stereocenters. The summed E-state index contributed by atoms with van der Waals surface area (Å²) in [6, 6.07) is 3.67. The number of aromatic nitrogens is 5. The van der Waals surface area contributed by atoms with Crippen molar-refractivity contribution >= 4 is 34.1 Å². The summed E-state index contributed by atoms with van der Waals surface area (Å²) >= 11 is 0. The number of amides is 2. The number of nitrogens with one attached hydrogen (secondary N) is 2. The van der Waals surface area contributed by atoms with Crippen molar-refractivity contribution in [2.24, 2.45) is 12.5 Å². The van der Waals surface area contributed by atoms with Crippen LogP contribution in [0.15, 0.2) is 30.6 Å². The van der Waals surface area contributed by atoms with Crippen LogP contribution in [-0.4, -0.2) is 76.6 Å². The molecule has 1 aliphatic rings. The summed E-state index contributed by atoms with van der Waals surface area (Å²) in [5, 5.41) is 28.4. The minimum absolute atomic E-state index is 0.101. The molecule has 0 bridgehead atoms. The predicted molar refractivity (Wildman–Crippen MR) is 129 cm³/mol. The van der Waals surface area contributed by atoms with Crippen molar-refractivity contribution in [2.75, 3.05) is 13.1 Å². The summed E-state index contributed by atoms with van der Waals surface area (Å²) < 4.78 is 15.3. The van der Waals surface area contributed by atoms with E-state index < -0.39 is 29.1 Å². The van der Waals surface area contributed by atoms with E-state index in [0.717, 1.165) is 0 Å². The van der Waals surface area contributed by atoms with Crippen LogP contribution in [0.25, 0.3) is 33.5 Å². The third-order valence-electron chi connectivity index (χ3n) is 6.57. The van der Waals surface area contributed by atoms with Gasteiger partial charge < -0.3 is 20.5 Å². The summed E-state index contributed by atoms with van der Waals surface area (Å²) in [6.07, 6.45) is 1.89. The van der Waals surface area contributed by atoms with Crippen LogP contribution in [0.2, 0.25) is 0 Å². The number of aryl methyl sites for hydroxylation is 1. The number of nitrogens with zero attached hydrogens (tertiary/aromatic N) is 5. The number of carboxylic acid groups (broad SMARTS) is 1. The maximum atomic E-state index is 13.7. The molecule has 1 saturated heterocycles. The molecule has 0 spiro atoms. The topological polar surface area (TPSA) is 149 Å². The molecule has 11 nitrogen and oxygen atoms in total. The molecule has 0 saturated carbocycles. The molecule has 188 valence electrons. The fraction of sp³-hybridized carbons (Fsp3) is 0.375. The van der Waals surface area contributed by atoms with Crippen LogP contribution in [0.5, 0.6) is 0 Å². The lowest BCUT2D eigenvalue weighted by atomic mass is 9.69.